The van der Waals surface area contributed by atoms with Crippen molar-refractivity contribution in [2.45, 2.75) is 46.7 Å². The SMILES string of the molecule is CC(C)CNC(=O)Cc1cccc(N(Cc2ccc(F)cc2)C(=O)NC(C)C)c1. The first-order valence-electron chi connectivity index (χ1n) is 9.92. The normalized spacial score (nSPS) is 10.9. The Labute approximate surface area is 172 Å². The maximum absolute atomic E-state index is 13.2. The molecule has 0 aliphatic rings. The van der Waals surface area contributed by atoms with Crippen molar-refractivity contribution in [2.24, 2.45) is 5.92 Å². The number of carbonyl (C=O) groups excluding carboxylic acids is 2. The Morgan fingerprint density at radius 2 is 1.69 bits per heavy atom. The van der Waals surface area contributed by atoms with Crippen LogP contribution in [0.2, 0.25) is 0 Å². The third-order valence-corrected chi connectivity index (χ3v) is 4.21. The quantitative estimate of drug-likeness (QED) is 0.697. The molecule has 2 aromatic carbocycles. The number of nitrogens with zero attached hydrogens (tertiary/aromatic N) is 1. The molecule has 0 saturated heterocycles. The summed E-state index contributed by atoms with van der Waals surface area (Å²) >= 11 is 0. The number of amides is 3. The maximum Gasteiger partial charge on any atom is 0.322 e. The summed E-state index contributed by atoms with van der Waals surface area (Å²) in [5.74, 6) is 0.0186. The summed E-state index contributed by atoms with van der Waals surface area (Å²) in [5.41, 5.74) is 2.32. The summed E-state index contributed by atoms with van der Waals surface area (Å²) in [6, 6.07) is 13.2. The van der Waals surface area contributed by atoms with Crippen molar-refractivity contribution in [3.05, 3.63) is 65.5 Å². The fourth-order valence-electron chi connectivity index (χ4n) is 2.78. The molecule has 2 rings (SSSR count). The highest BCUT2D eigenvalue weighted by Crippen LogP contribution is 2.20. The van der Waals surface area contributed by atoms with Crippen LogP contribution < -0.4 is 15.5 Å². The number of nitrogens with one attached hydrogen (secondary N) is 2. The molecule has 2 N–H and O–H groups in total. The van der Waals surface area contributed by atoms with Gasteiger partial charge in [-0.15, -0.1) is 0 Å². The summed E-state index contributed by atoms with van der Waals surface area (Å²) in [7, 11) is 0. The highest BCUT2D eigenvalue weighted by Gasteiger charge is 2.18. The molecule has 5 nitrogen and oxygen atoms in total. The van der Waals surface area contributed by atoms with Crippen LogP contribution in [0.4, 0.5) is 14.9 Å². The van der Waals surface area contributed by atoms with E-state index in [2.05, 4.69) is 10.6 Å². The molecule has 0 saturated carbocycles. The van der Waals surface area contributed by atoms with E-state index in [1.807, 2.05) is 52.0 Å². The monoisotopic (exact) mass is 399 g/mol. The largest absolute Gasteiger partial charge is 0.356 e. The highest BCUT2D eigenvalue weighted by atomic mass is 19.1. The second-order valence-corrected chi connectivity index (χ2v) is 7.86. The van der Waals surface area contributed by atoms with Gasteiger partial charge < -0.3 is 10.6 Å². The average Bonchev–Trinajstić information content (AvgIpc) is 2.65. The van der Waals surface area contributed by atoms with Gasteiger partial charge in [0, 0.05) is 18.3 Å². The lowest BCUT2D eigenvalue weighted by Gasteiger charge is -2.25. The van der Waals surface area contributed by atoms with Crippen molar-refractivity contribution in [3.63, 3.8) is 0 Å². The minimum atomic E-state index is -0.318. The molecule has 6 heteroatoms. The average molecular weight is 400 g/mol. The van der Waals surface area contributed by atoms with Crippen LogP contribution in [0.15, 0.2) is 48.5 Å². The molecule has 0 spiro atoms. The number of halogens is 1. The third-order valence-electron chi connectivity index (χ3n) is 4.21. The fourth-order valence-corrected chi connectivity index (χ4v) is 2.78. The van der Waals surface area contributed by atoms with Crippen LogP contribution >= 0.6 is 0 Å². The Bertz CT molecular complexity index is 819. The van der Waals surface area contributed by atoms with Gasteiger partial charge in [0.1, 0.15) is 5.82 Å². The maximum atomic E-state index is 13.2. The van der Waals surface area contributed by atoms with E-state index in [1.165, 1.54) is 12.1 Å². The predicted octanol–water partition coefficient (Wildman–Crippen LogP) is 4.27. The Kier molecular flexibility index (Phi) is 8.19. The van der Waals surface area contributed by atoms with Crippen molar-refractivity contribution in [1.29, 1.82) is 0 Å². The van der Waals surface area contributed by atoms with Gasteiger partial charge in [-0.2, -0.15) is 0 Å². The summed E-state index contributed by atoms with van der Waals surface area (Å²) in [4.78, 5) is 26.6. The number of anilines is 1. The van der Waals surface area contributed by atoms with Crippen molar-refractivity contribution in [1.82, 2.24) is 10.6 Å². The van der Waals surface area contributed by atoms with Crippen molar-refractivity contribution < 1.29 is 14.0 Å². The van der Waals surface area contributed by atoms with Crippen LogP contribution in [0.3, 0.4) is 0 Å². The van der Waals surface area contributed by atoms with Crippen LogP contribution in [0.1, 0.15) is 38.8 Å². The first-order valence-corrected chi connectivity index (χ1v) is 9.92. The Hall–Kier alpha value is -2.89. The number of urea groups is 1. The van der Waals surface area contributed by atoms with Gasteiger partial charge in [0.05, 0.1) is 13.0 Å². The van der Waals surface area contributed by atoms with Gasteiger partial charge >= 0.3 is 6.03 Å². The molecule has 0 fully saturated rings. The fraction of sp³-hybridized carbons (Fsp3) is 0.391. The molecule has 29 heavy (non-hydrogen) atoms. The zero-order valence-electron chi connectivity index (χ0n) is 17.5. The number of hydrogen-bond acceptors (Lipinski definition) is 2. The van der Waals surface area contributed by atoms with Gasteiger partial charge in [-0.1, -0.05) is 38.1 Å². The van der Waals surface area contributed by atoms with Crippen molar-refractivity contribution in [3.8, 4) is 0 Å². The molecule has 3 amide bonds. The van der Waals surface area contributed by atoms with E-state index >= 15 is 0 Å². The predicted molar refractivity (Wildman–Crippen MR) is 114 cm³/mol. The highest BCUT2D eigenvalue weighted by molar-refractivity contribution is 5.92. The van der Waals surface area contributed by atoms with Crippen molar-refractivity contribution >= 4 is 17.6 Å². The lowest BCUT2D eigenvalue weighted by atomic mass is 10.1. The first-order chi connectivity index (χ1) is 13.7. The molecule has 2 aromatic rings. The topological polar surface area (TPSA) is 61.4 Å². The van der Waals surface area contributed by atoms with Gasteiger partial charge in [0.2, 0.25) is 5.91 Å². The molecule has 0 aromatic heterocycles. The second-order valence-electron chi connectivity index (χ2n) is 7.86. The zero-order valence-corrected chi connectivity index (χ0v) is 17.5. The number of hydrogen-bond donors (Lipinski definition) is 2. The minimum Gasteiger partial charge on any atom is -0.356 e. The third kappa shape index (κ3) is 7.56. The lowest BCUT2D eigenvalue weighted by molar-refractivity contribution is -0.120. The van der Waals surface area contributed by atoms with Crippen LogP contribution in [0, 0.1) is 11.7 Å². The van der Waals surface area contributed by atoms with Crippen molar-refractivity contribution in [2.75, 3.05) is 11.4 Å². The Balaban J connectivity index is 2.21. The molecule has 0 aliphatic carbocycles. The first kappa shape index (κ1) is 22.4. The number of carbonyl (C=O) groups is 2. The van der Waals surface area contributed by atoms with E-state index in [1.54, 1.807) is 17.0 Å². The minimum absolute atomic E-state index is 0.0248. The lowest BCUT2D eigenvalue weighted by Crippen LogP contribution is -2.42. The molecule has 0 radical (unpaired) electrons. The number of rotatable bonds is 8. The Morgan fingerprint density at radius 3 is 2.31 bits per heavy atom. The zero-order chi connectivity index (χ0) is 21.4. The molecule has 0 unspecified atom stereocenters. The second kappa shape index (κ2) is 10.6. The van der Waals surface area contributed by atoms with E-state index in [9.17, 15) is 14.0 Å². The summed E-state index contributed by atoms with van der Waals surface area (Å²) < 4.78 is 13.2. The molecule has 0 heterocycles. The van der Waals surface area contributed by atoms with Crippen LogP contribution in [-0.4, -0.2) is 24.5 Å². The molecule has 0 atom stereocenters. The van der Waals surface area contributed by atoms with Crippen LogP contribution in [0.5, 0.6) is 0 Å². The molecule has 0 aliphatic heterocycles. The van der Waals surface area contributed by atoms with Gasteiger partial charge in [-0.25, -0.2) is 9.18 Å². The number of benzene rings is 2. The van der Waals surface area contributed by atoms with E-state index in [0.717, 1.165) is 11.1 Å². The van der Waals surface area contributed by atoms with E-state index in [-0.39, 0.29) is 30.2 Å². The van der Waals surface area contributed by atoms with E-state index in [0.29, 0.717) is 24.7 Å². The summed E-state index contributed by atoms with van der Waals surface area (Å²) in [6.45, 7) is 8.80. The van der Waals surface area contributed by atoms with E-state index < -0.39 is 0 Å². The summed E-state index contributed by atoms with van der Waals surface area (Å²) in [6.07, 6.45) is 0.247. The molecular weight excluding hydrogens is 369 g/mol. The van der Waals surface area contributed by atoms with E-state index in [4.69, 9.17) is 0 Å². The van der Waals surface area contributed by atoms with Gasteiger partial charge in [0.25, 0.3) is 0 Å². The smallest absolute Gasteiger partial charge is 0.322 e. The van der Waals surface area contributed by atoms with Crippen LogP contribution in [-0.2, 0) is 17.8 Å². The molecule has 0 bridgehead atoms. The molecular formula is C23H30FN3O2. The van der Waals surface area contributed by atoms with Crippen LogP contribution in [0.25, 0.3) is 0 Å². The van der Waals surface area contributed by atoms with Gasteiger partial charge in [-0.05, 0) is 55.2 Å². The van der Waals surface area contributed by atoms with Gasteiger partial charge in [0.15, 0.2) is 0 Å². The van der Waals surface area contributed by atoms with Gasteiger partial charge in [-0.3, -0.25) is 9.69 Å². The summed E-state index contributed by atoms with van der Waals surface area (Å²) in [5, 5.41) is 5.81. The Morgan fingerprint density at radius 1 is 1.00 bits per heavy atom. The standard InChI is InChI=1S/C23H30FN3O2/c1-16(2)14-25-22(28)13-19-6-5-7-21(12-19)27(23(29)26-17(3)4)15-18-8-10-20(24)11-9-18/h5-12,16-17H,13-15H2,1-4H3,(H,25,28)(H,26,29). The molecule has 156 valence electrons.